The van der Waals surface area contributed by atoms with E-state index in [0.29, 0.717) is 31.1 Å². The van der Waals surface area contributed by atoms with Crippen LogP contribution >= 0.6 is 0 Å². The van der Waals surface area contributed by atoms with Crippen molar-refractivity contribution < 1.29 is 9.53 Å². The van der Waals surface area contributed by atoms with Crippen molar-refractivity contribution in [1.82, 2.24) is 15.1 Å². The lowest BCUT2D eigenvalue weighted by atomic mass is 10.1. The Balaban J connectivity index is 2.23. The van der Waals surface area contributed by atoms with Crippen LogP contribution in [-0.2, 0) is 4.74 Å². The lowest BCUT2D eigenvalue weighted by Gasteiger charge is -2.32. The number of H-pyrrole nitrogens is 1. The first-order valence-electron chi connectivity index (χ1n) is 6.24. The molecule has 0 unspecified atom stereocenters. The molecule has 1 fully saturated rings. The van der Waals surface area contributed by atoms with Gasteiger partial charge in [0.2, 0.25) is 0 Å². The van der Waals surface area contributed by atoms with E-state index in [4.69, 9.17) is 10.5 Å². The number of nitrogens with two attached hydrogens (primary N) is 1. The molecule has 0 bridgehead atoms. The Morgan fingerprint density at radius 2 is 2.33 bits per heavy atom. The molecule has 1 aliphatic heterocycles. The molecule has 2 rings (SSSR count). The maximum Gasteiger partial charge on any atom is 0.276 e. The maximum absolute atomic E-state index is 12.4. The number of morpholine rings is 1. The van der Waals surface area contributed by atoms with E-state index in [0.717, 1.165) is 5.69 Å². The highest BCUT2D eigenvalue weighted by Crippen LogP contribution is 2.24. The highest BCUT2D eigenvalue weighted by molar-refractivity contribution is 5.98. The van der Waals surface area contributed by atoms with Crippen molar-refractivity contribution in [3.63, 3.8) is 0 Å². The van der Waals surface area contributed by atoms with Crippen molar-refractivity contribution in [2.45, 2.75) is 32.7 Å². The minimum atomic E-state index is -0.119. The van der Waals surface area contributed by atoms with E-state index in [-0.39, 0.29) is 17.9 Å². The van der Waals surface area contributed by atoms with Crippen LogP contribution in [0.3, 0.4) is 0 Å². The molecule has 18 heavy (non-hydrogen) atoms. The molecule has 0 radical (unpaired) electrons. The molecule has 0 saturated carbocycles. The predicted molar refractivity (Wildman–Crippen MR) is 68.4 cm³/mol. The second kappa shape index (κ2) is 4.97. The zero-order chi connectivity index (χ0) is 13.3. The Morgan fingerprint density at radius 1 is 1.61 bits per heavy atom. The van der Waals surface area contributed by atoms with E-state index in [1.165, 1.54) is 0 Å². The van der Waals surface area contributed by atoms with Crippen molar-refractivity contribution in [2.24, 2.45) is 0 Å². The lowest BCUT2D eigenvalue weighted by molar-refractivity contribution is 0.00333. The fourth-order valence-corrected chi connectivity index (χ4v) is 2.13. The molecule has 6 heteroatoms. The van der Waals surface area contributed by atoms with Crippen molar-refractivity contribution in [2.75, 3.05) is 25.5 Å². The van der Waals surface area contributed by atoms with Crippen LogP contribution in [-0.4, -0.2) is 46.8 Å². The Labute approximate surface area is 106 Å². The minimum absolute atomic E-state index is 0.0600. The second-order valence-electron chi connectivity index (χ2n) is 4.98. The molecule has 0 aromatic carbocycles. The summed E-state index contributed by atoms with van der Waals surface area (Å²) in [5.74, 6) is 0.104. The van der Waals surface area contributed by atoms with Crippen LogP contribution in [0.4, 0.5) is 5.69 Å². The molecule has 1 amide bonds. The summed E-state index contributed by atoms with van der Waals surface area (Å²) in [4.78, 5) is 14.1. The molecule has 1 saturated heterocycles. The van der Waals surface area contributed by atoms with Crippen molar-refractivity contribution >= 4 is 11.6 Å². The molecular weight excluding hydrogens is 232 g/mol. The number of anilines is 1. The zero-order valence-electron chi connectivity index (χ0n) is 11.1. The van der Waals surface area contributed by atoms with Gasteiger partial charge in [-0.1, -0.05) is 13.8 Å². The summed E-state index contributed by atoms with van der Waals surface area (Å²) in [7, 11) is 0. The van der Waals surface area contributed by atoms with Gasteiger partial charge in [0.1, 0.15) is 0 Å². The minimum Gasteiger partial charge on any atom is -0.395 e. The van der Waals surface area contributed by atoms with Crippen molar-refractivity contribution in [1.29, 1.82) is 0 Å². The number of aromatic amines is 1. The molecular formula is C12H20N4O2. The van der Waals surface area contributed by atoms with Crippen LogP contribution in [0, 0.1) is 0 Å². The Bertz CT molecular complexity index is 441. The van der Waals surface area contributed by atoms with Gasteiger partial charge < -0.3 is 15.4 Å². The van der Waals surface area contributed by atoms with E-state index in [2.05, 4.69) is 10.2 Å². The number of nitrogen functional groups attached to an aromatic ring is 1. The van der Waals surface area contributed by atoms with Gasteiger partial charge in [-0.25, -0.2) is 0 Å². The molecule has 0 aliphatic carbocycles. The van der Waals surface area contributed by atoms with E-state index >= 15 is 0 Å². The van der Waals surface area contributed by atoms with Crippen molar-refractivity contribution in [3.8, 4) is 0 Å². The Morgan fingerprint density at radius 3 is 2.89 bits per heavy atom. The number of nitrogens with zero attached hydrogens (tertiary/aromatic N) is 2. The van der Waals surface area contributed by atoms with Gasteiger partial charge in [0, 0.05) is 6.54 Å². The molecule has 1 aromatic heterocycles. The van der Waals surface area contributed by atoms with Gasteiger partial charge >= 0.3 is 0 Å². The Kier molecular flexibility index (Phi) is 3.56. The van der Waals surface area contributed by atoms with Gasteiger partial charge in [0.05, 0.1) is 30.6 Å². The summed E-state index contributed by atoms with van der Waals surface area (Å²) in [6.07, 6.45) is 0. The van der Waals surface area contributed by atoms with E-state index in [1.807, 2.05) is 20.8 Å². The summed E-state index contributed by atoms with van der Waals surface area (Å²) in [5.41, 5.74) is 7.60. The first kappa shape index (κ1) is 12.9. The van der Waals surface area contributed by atoms with Crippen LogP contribution in [0.1, 0.15) is 42.9 Å². The summed E-state index contributed by atoms with van der Waals surface area (Å²) in [6, 6.07) is 0.0600. The average molecular weight is 252 g/mol. The lowest BCUT2D eigenvalue weighted by Crippen LogP contribution is -2.47. The largest absolute Gasteiger partial charge is 0.395 e. The van der Waals surface area contributed by atoms with Crippen molar-refractivity contribution in [3.05, 3.63) is 11.4 Å². The second-order valence-corrected chi connectivity index (χ2v) is 4.98. The number of aromatic nitrogens is 2. The standard InChI is InChI=1S/C12H20N4O2/c1-7(2)10-9(13)11(15-14-10)12(17)16-4-5-18-6-8(16)3/h7-8H,4-6,13H2,1-3H3,(H,14,15)/t8-/m1/s1. The smallest absolute Gasteiger partial charge is 0.276 e. The average Bonchev–Trinajstić information content (AvgIpc) is 2.71. The van der Waals surface area contributed by atoms with E-state index in [9.17, 15) is 4.79 Å². The first-order valence-corrected chi connectivity index (χ1v) is 6.24. The molecule has 1 aromatic rings. The van der Waals surface area contributed by atoms with Crippen LogP contribution in [0.2, 0.25) is 0 Å². The topological polar surface area (TPSA) is 84.2 Å². The molecule has 100 valence electrons. The number of nitrogens with one attached hydrogen (secondary N) is 1. The fourth-order valence-electron chi connectivity index (χ4n) is 2.13. The monoisotopic (exact) mass is 252 g/mol. The van der Waals surface area contributed by atoms with Gasteiger partial charge in [-0.3, -0.25) is 9.89 Å². The predicted octanol–water partition coefficient (Wildman–Crippen LogP) is 0.976. The number of hydrogen-bond donors (Lipinski definition) is 2. The van der Waals surface area contributed by atoms with Crippen LogP contribution in [0.25, 0.3) is 0 Å². The summed E-state index contributed by atoms with van der Waals surface area (Å²) in [5, 5.41) is 6.92. The number of carbonyl (C=O) groups excluding carboxylic acids is 1. The number of amides is 1. The third-order valence-electron chi connectivity index (χ3n) is 3.24. The van der Waals surface area contributed by atoms with Crippen LogP contribution < -0.4 is 5.73 Å². The summed E-state index contributed by atoms with van der Waals surface area (Å²) in [6.45, 7) is 7.70. The quantitative estimate of drug-likeness (QED) is 0.821. The van der Waals surface area contributed by atoms with Crippen LogP contribution in [0.5, 0.6) is 0 Å². The number of ether oxygens (including phenoxy) is 1. The number of carbonyl (C=O) groups is 1. The molecule has 2 heterocycles. The van der Waals surface area contributed by atoms with E-state index < -0.39 is 0 Å². The van der Waals surface area contributed by atoms with Gasteiger partial charge in [0.15, 0.2) is 5.69 Å². The highest BCUT2D eigenvalue weighted by atomic mass is 16.5. The molecule has 3 N–H and O–H groups in total. The third-order valence-corrected chi connectivity index (χ3v) is 3.24. The molecule has 6 nitrogen and oxygen atoms in total. The van der Waals surface area contributed by atoms with E-state index in [1.54, 1.807) is 4.90 Å². The first-order chi connectivity index (χ1) is 8.52. The molecule has 1 aliphatic rings. The molecule has 0 spiro atoms. The fraction of sp³-hybridized carbons (Fsp3) is 0.667. The number of rotatable bonds is 2. The summed E-state index contributed by atoms with van der Waals surface area (Å²) < 4.78 is 5.32. The molecule has 1 atom stereocenters. The van der Waals surface area contributed by atoms with Gasteiger partial charge in [0.25, 0.3) is 5.91 Å². The third kappa shape index (κ3) is 2.20. The maximum atomic E-state index is 12.4. The van der Waals surface area contributed by atoms with Gasteiger partial charge in [-0.2, -0.15) is 5.10 Å². The van der Waals surface area contributed by atoms with Gasteiger partial charge in [-0.05, 0) is 12.8 Å². The highest BCUT2D eigenvalue weighted by Gasteiger charge is 2.28. The normalized spacial score (nSPS) is 20.4. The van der Waals surface area contributed by atoms with Gasteiger partial charge in [-0.15, -0.1) is 0 Å². The Hall–Kier alpha value is -1.56. The zero-order valence-corrected chi connectivity index (χ0v) is 11.1. The van der Waals surface area contributed by atoms with Crippen LogP contribution in [0.15, 0.2) is 0 Å². The SMILES string of the molecule is CC(C)c1[nH]nc(C(=O)N2CCOC[C@H]2C)c1N. The number of hydrogen-bond acceptors (Lipinski definition) is 4. The summed E-state index contributed by atoms with van der Waals surface area (Å²) >= 11 is 0.